The highest BCUT2D eigenvalue weighted by Gasteiger charge is 2.46. The van der Waals surface area contributed by atoms with Gasteiger partial charge in [0.15, 0.2) is 0 Å². The van der Waals surface area contributed by atoms with E-state index >= 15 is 0 Å². The van der Waals surface area contributed by atoms with E-state index in [2.05, 4.69) is 27.7 Å². The van der Waals surface area contributed by atoms with Gasteiger partial charge in [0.05, 0.1) is 11.5 Å². The van der Waals surface area contributed by atoms with Crippen LogP contribution in [0.4, 0.5) is 0 Å². The van der Waals surface area contributed by atoms with Gasteiger partial charge in [0.2, 0.25) is 0 Å². The van der Waals surface area contributed by atoms with Crippen molar-refractivity contribution in [2.24, 2.45) is 11.3 Å². The van der Waals surface area contributed by atoms with Crippen LogP contribution in [0.2, 0.25) is 0 Å². The van der Waals surface area contributed by atoms with Gasteiger partial charge < -0.3 is 14.3 Å². The van der Waals surface area contributed by atoms with Crippen molar-refractivity contribution < 1.29 is 14.3 Å². The lowest BCUT2D eigenvalue weighted by molar-refractivity contribution is -0.0555. The Hall–Kier alpha value is -1.81. The van der Waals surface area contributed by atoms with Crippen molar-refractivity contribution in [3.8, 4) is 5.75 Å². The van der Waals surface area contributed by atoms with Crippen LogP contribution in [0.3, 0.4) is 0 Å². The standard InChI is InChI=1S/C26H36O4/c1-6-7-8-17-14-21(28)29-20-13-16(2)22-19(27)15-26(30-24(22)23(17)20)11-9-18(10-12-26)25(3,4)5/h13-14,18-19,27H,6-12,15H2,1-5H3. The molecule has 1 aromatic carbocycles. The van der Waals surface area contributed by atoms with Gasteiger partial charge in [-0.3, -0.25) is 0 Å². The third-order valence-corrected chi connectivity index (χ3v) is 7.45. The molecule has 0 radical (unpaired) electrons. The predicted octanol–water partition coefficient (Wildman–Crippen LogP) is 6.24. The fraction of sp³-hybridized carbons (Fsp3) is 0.654. The van der Waals surface area contributed by atoms with Gasteiger partial charge >= 0.3 is 5.63 Å². The van der Waals surface area contributed by atoms with Gasteiger partial charge in [-0.2, -0.15) is 0 Å². The molecule has 4 heteroatoms. The molecule has 1 atom stereocenters. The molecule has 1 fully saturated rings. The van der Waals surface area contributed by atoms with Crippen LogP contribution in [0.25, 0.3) is 11.0 Å². The van der Waals surface area contributed by atoms with E-state index in [4.69, 9.17) is 9.15 Å². The van der Waals surface area contributed by atoms with Crippen LogP contribution in [0.15, 0.2) is 21.3 Å². The molecule has 4 nitrogen and oxygen atoms in total. The van der Waals surface area contributed by atoms with E-state index in [9.17, 15) is 9.90 Å². The Morgan fingerprint density at radius 1 is 1.20 bits per heavy atom. The minimum atomic E-state index is -0.546. The number of fused-ring (bicyclic) bond motifs is 3. The van der Waals surface area contributed by atoms with Gasteiger partial charge in [-0.15, -0.1) is 0 Å². The summed E-state index contributed by atoms with van der Waals surface area (Å²) in [5.41, 5.74) is 3.02. The summed E-state index contributed by atoms with van der Waals surface area (Å²) in [6, 6.07) is 3.51. The first-order valence-corrected chi connectivity index (χ1v) is 11.6. The average Bonchev–Trinajstić information content (AvgIpc) is 2.64. The highest BCUT2D eigenvalue weighted by atomic mass is 16.5. The Bertz CT molecular complexity index is 987. The lowest BCUT2D eigenvalue weighted by Crippen LogP contribution is -2.45. The number of ether oxygens (including phenoxy) is 1. The molecule has 1 aliphatic heterocycles. The molecule has 0 bridgehead atoms. The maximum atomic E-state index is 12.2. The van der Waals surface area contributed by atoms with Crippen LogP contribution < -0.4 is 10.4 Å². The van der Waals surface area contributed by atoms with Gasteiger partial charge in [-0.05, 0) is 74.0 Å². The summed E-state index contributed by atoms with van der Waals surface area (Å²) in [5, 5.41) is 12.1. The molecule has 1 aliphatic carbocycles. The number of benzene rings is 1. The Morgan fingerprint density at radius 3 is 2.53 bits per heavy atom. The molecule has 0 saturated heterocycles. The molecule has 0 amide bonds. The monoisotopic (exact) mass is 412 g/mol. The number of hydrogen-bond acceptors (Lipinski definition) is 4. The molecule has 2 heterocycles. The Morgan fingerprint density at radius 2 is 1.90 bits per heavy atom. The normalized spacial score (nSPS) is 26.6. The summed E-state index contributed by atoms with van der Waals surface area (Å²) in [6.45, 7) is 11.1. The maximum absolute atomic E-state index is 12.2. The van der Waals surface area contributed by atoms with Gasteiger partial charge in [-0.25, -0.2) is 4.79 Å². The highest BCUT2D eigenvalue weighted by Crippen LogP contribution is 2.52. The van der Waals surface area contributed by atoms with Crippen LogP contribution >= 0.6 is 0 Å². The minimum absolute atomic E-state index is 0.298. The van der Waals surface area contributed by atoms with Gasteiger partial charge in [-0.1, -0.05) is 34.1 Å². The second-order valence-electron chi connectivity index (χ2n) is 10.6. The molecular formula is C26H36O4. The zero-order valence-corrected chi connectivity index (χ0v) is 19.1. The van der Waals surface area contributed by atoms with E-state index in [0.29, 0.717) is 23.3 Å². The summed E-state index contributed by atoms with van der Waals surface area (Å²) in [6.07, 6.45) is 7.12. The number of aliphatic hydroxyl groups is 1. The SMILES string of the molecule is CCCCc1cc(=O)oc2cc(C)c3c(c12)OC1(CCC(C(C)(C)C)CC1)CC3O. The van der Waals surface area contributed by atoms with Crippen LogP contribution in [-0.4, -0.2) is 10.7 Å². The van der Waals surface area contributed by atoms with Crippen molar-refractivity contribution in [1.29, 1.82) is 0 Å². The largest absolute Gasteiger partial charge is 0.486 e. The molecular weight excluding hydrogens is 376 g/mol. The number of aliphatic hydroxyl groups excluding tert-OH is 1. The average molecular weight is 413 g/mol. The molecule has 1 spiro atoms. The quantitative estimate of drug-likeness (QED) is 0.607. The van der Waals surface area contributed by atoms with Crippen molar-refractivity contribution in [2.75, 3.05) is 0 Å². The van der Waals surface area contributed by atoms with E-state index in [1.807, 2.05) is 13.0 Å². The number of rotatable bonds is 3. The number of aryl methyl sites for hydroxylation is 2. The van der Waals surface area contributed by atoms with E-state index in [0.717, 1.165) is 72.8 Å². The lowest BCUT2D eigenvalue weighted by atomic mass is 9.66. The van der Waals surface area contributed by atoms with Crippen molar-refractivity contribution in [3.05, 3.63) is 39.2 Å². The molecule has 1 N–H and O–H groups in total. The molecule has 1 aromatic heterocycles. The lowest BCUT2D eigenvalue weighted by Gasteiger charge is -2.47. The molecule has 2 aliphatic rings. The summed E-state index contributed by atoms with van der Waals surface area (Å²) in [7, 11) is 0. The van der Waals surface area contributed by atoms with Crippen LogP contribution in [0, 0.1) is 18.3 Å². The second-order valence-corrected chi connectivity index (χ2v) is 10.6. The molecule has 1 unspecified atom stereocenters. The topological polar surface area (TPSA) is 59.7 Å². The molecule has 164 valence electrons. The smallest absolute Gasteiger partial charge is 0.336 e. The first kappa shape index (κ1) is 21.4. The molecule has 2 aromatic rings. The fourth-order valence-corrected chi connectivity index (χ4v) is 5.62. The Labute approximate surface area is 179 Å². The van der Waals surface area contributed by atoms with E-state index < -0.39 is 6.10 Å². The number of hydrogen-bond donors (Lipinski definition) is 1. The van der Waals surface area contributed by atoms with Gasteiger partial charge in [0, 0.05) is 18.1 Å². The summed E-state index contributed by atoms with van der Waals surface area (Å²) in [5.74, 6) is 1.44. The molecule has 1 saturated carbocycles. The third kappa shape index (κ3) is 3.79. The molecule has 30 heavy (non-hydrogen) atoms. The van der Waals surface area contributed by atoms with Crippen LogP contribution in [-0.2, 0) is 6.42 Å². The maximum Gasteiger partial charge on any atom is 0.336 e. The minimum Gasteiger partial charge on any atom is -0.486 e. The highest BCUT2D eigenvalue weighted by molar-refractivity contribution is 5.89. The van der Waals surface area contributed by atoms with Crippen molar-refractivity contribution in [1.82, 2.24) is 0 Å². The van der Waals surface area contributed by atoms with Gasteiger partial charge in [0.25, 0.3) is 0 Å². The van der Waals surface area contributed by atoms with Crippen LogP contribution in [0.1, 0.15) is 95.4 Å². The van der Waals surface area contributed by atoms with E-state index in [1.54, 1.807) is 6.07 Å². The summed E-state index contributed by atoms with van der Waals surface area (Å²) in [4.78, 5) is 12.2. The summed E-state index contributed by atoms with van der Waals surface area (Å²) >= 11 is 0. The Kier molecular flexibility index (Phi) is 5.50. The van der Waals surface area contributed by atoms with Crippen LogP contribution in [0.5, 0.6) is 5.75 Å². The number of unbranched alkanes of at least 4 members (excludes halogenated alkanes) is 1. The first-order chi connectivity index (χ1) is 14.1. The fourth-order valence-electron chi connectivity index (χ4n) is 5.62. The second kappa shape index (κ2) is 7.71. The van der Waals surface area contributed by atoms with E-state index in [1.165, 1.54) is 0 Å². The van der Waals surface area contributed by atoms with E-state index in [-0.39, 0.29) is 11.2 Å². The first-order valence-electron chi connectivity index (χ1n) is 11.6. The zero-order valence-electron chi connectivity index (χ0n) is 19.1. The van der Waals surface area contributed by atoms with Crippen molar-refractivity contribution in [3.63, 3.8) is 0 Å². The zero-order chi connectivity index (χ0) is 21.7. The predicted molar refractivity (Wildman–Crippen MR) is 120 cm³/mol. The van der Waals surface area contributed by atoms with Crippen molar-refractivity contribution >= 4 is 11.0 Å². The summed E-state index contributed by atoms with van der Waals surface area (Å²) < 4.78 is 12.4. The van der Waals surface area contributed by atoms with Crippen molar-refractivity contribution in [2.45, 2.75) is 97.7 Å². The van der Waals surface area contributed by atoms with Gasteiger partial charge in [0.1, 0.15) is 16.9 Å². The Balaban J connectivity index is 1.80. The third-order valence-electron chi connectivity index (χ3n) is 7.45. The molecule has 4 rings (SSSR count).